The average molecular weight is 399 g/mol. The molecule has 0 aliphatic rings. The summed E-state index contributed by atoms with van der Waals surface area (Å²) in [5, 5.41) is 3.50. The second-order valence-corrected chi connectivity index (χ2v) is 6.75. The maximum Gasteiger partial charge on any atom is 0.220 e. The highest BCUT2D eigenvalue weighted by atomic mass is 35.5. The van der Waals surface area contributed by atoms with Gasteiger partial charge in [0.05, 0.1) is 17.8 Å². The Bertz CT molecular complexity index is 880. The van der Waals surface area contributed by atoms with Gasteiger partial charge >= 0.3 is 0 Å². The van der Waals surface area contributed by atoms with Gasteiger partial charge in [-0.2, -0.15) is 0 Å². The Labute approximate surface area is 169 Å². The van der Waals surface area contributed by atoms with Gasteiger partial charge in [-0.25, -0.2) is 4.98 Å². The number of hydrogen-bond donors (Lipinski definition) is 1. The third-order valence-electron chi connectivity index (χ3n) is 4.16. The zero-order valence-electron chi connectivity index (χ0n) is 15.6. The zero-order chi connectivity index (χ0) is 19.6. The highest BCUT2D eigenvalue weighted by Gasteiger charge is 2.10. The molecule has 0 radical (unpaired) electrons. The monoisotopic (exact) mass is 398 g/mol. The van der Waals surface area contributed by atoms with Crippen molar-refractivity contribution in [2.24, 2.45) is 0 Å². The van der Waals surface area contributed by atoms with Crippen molar-refractivity contribution in [3.8, 4) is 11.3 Å². The summed E-state index contributed by atoms with van der Waals surface area (Å²) < 4.78 is 11.3. The number of halogens is 1. The van der Waals surface area contributed by atoms with Crippen LogP contribution in [0, 0.1) is 0 Å². The van der Waals surface area contributed by atoms with E-state index in [1.54, 1.807) is 12.3 Å². The fraction of sp³-hybridized carbons (Fsp3) is 0.273. The van der Waals surface area contributed by atoms with Crippen LogP contribution in [0.3, 0.4) is 0 Å². The highest BCUT2D eigenvalue weighted by Crippen LogP contribution is 2.28. The summed E-state index contributed by atoms with van der Waals surface area (Å²) in [6, 6.07) is 17.4. The summed E-state index contributed by atoms with van der Waals surface area (Å²) in [7, 11) is 0. The molecule has 0 spiro atoms. The molecule has 0 saturated carbocycles. The van der Waals surface area contributed by atoms with Crippen LogP contribution >= 0.6 is 11.6 Å². The third-order valence-corrected chi connectivity index (χ3v) is 4.49. The van der Waals surface area contributed by atoms with Crippen molar-refractivity contribution in [2.45, 2.75) is 25.9 Å². The number of ether oxygens (including phenoxy) is 1. The van der Waals surface area contributed by atoms with E-state index in [9.17, 15) is 4.79 Å². The van der Waals surface area contributed by atoms with Crippen LogP contribution in [0.15, 0.2) is 65.2 Å². The number of nitrogens with one attached hydrogen (secondary N) is 1. The first-order chi connectivity index (χ1) is 13.7. The maximum absolute atomic E-state index is 12.0. The molecule has 2 aromatic carbocycles. The van der Waals surface area contributed by atoms with E-state index in [2.05, 4.69) is 10.3 Å². The van der Waals surface area contributed by atoms with Gasteiger partial charge in [0.1, 0.15) is 0 Å². The van der Waals surface area contributed by atoms with Crippen molar-refractivity contribution >= 4 is 17.5 Å². The molecule has 3 rings (SSSR count). The number of aryl methyl sites for hydroxylation is 1. The van der Waals surface area contributed by atoms with Crippen molar-refractivity contribution in [1.29, 1.82) is 0 Å². The lowest BCUT2D eigenvalue weighted by Gasteiger charge is -2.06. The molecule has 5 nitrogen and oxygen atoms in total. The molecular formula is C22H23ClN2O3. The van der Waals surface area contributed by atoms with Crippen molar-refractivity contribution in [3.63, 3.8) is 0 Å². The van der Waals surface area contributed by atoms with Gasteiger partial charge in [-0.15, -0.1) is 0 Å². The van der Waals surface area contributed by atoms with Crippen molar-refractivity contribution in [3.05, 3.63) is 77.3 Å². The summed E-state index contributed by atoms with van der Waals surface area (Å²) in [6.07, 6.45) is 3.18. The Morgan fingerprint density at radius 3 is 2.71 bits per heavy atom. The quantitative estimate of drug-likeness (QED) is 0.505. The summed E-state index contributed by atoms with van der Waals surface area (Å²) in [6.45, 7) is 1.78. The number of carbonyl (C=O) groups excluding carboxylic acids is 1. The Morgan fingerprint density at radius 1 is 1.11 bits per heavy atom. The predicted molar refractivity (Wildman–Crippen MR) is 109 cm³/mol. The van der Waals surface area contributed by atoms with Gasteiger partial charge in [0.2, 0.25) is 5.91 Å². The second-order valence-electron chi connectivity index (χ2n) is 6.34. The summed E-state index contributed by atoms with van der Waals surface area (Å²) in [5.41, 5.74) is 1.94. The van der Waals surface area contributed by atoms with Crippen LogP contribution in [0.5, 0.6) is 0 Å². The molecule has 6 heteroatoms. The van der Waals surface area contributed by atoms with Gasteiger partial charge in [0.15, 0.2) is 11.7 Å². The predicted octanol–water partition coefficient (Wildman–Crippen LogP) is 4.65. The molecule has 1 heterocycles. The lowest BCUT2D eigenvalue weighted by molar-refractivity contribution is -0.121. The lowest BCUT2D eigenvalue weighted by atomic mass is 10.2. The van der Waals surface area contributed by atoms with Gasteiger partial charge in [0, 0.05) is 31.6 Å². The van der Waals surface area contributed by atoms with Crippen molar-refractivity contribution in [2.75, 3.05) is 13.2 Å². The number of oxazole rings is 1. The minimum atomic E-state index is -0.0273. The van der Waals surface area contributed by atoms with Crippen LogP contribution < -0.4 is 5.32 Å². The van der Waals surface area contributed by atoms with E-state index in [-0.39, 0.29) is 5.91 Å². The van der Waals surface area contributed by atoms with Crippen LogP contribution in [0.4, 0.5) is 0 Å². The standard InChI is InChI=1S/C22H23ClN2O3/c23-19-10-5-4-9-18(19)20-15-25-22(28-20)12-11-21(26)24-13-6-14-27-16-17-7-2-1-3-8-17/h1-5,7-10,15H,6,11-14,16H2,(H,24,26). The molecular weight excluding hydrogens is 376 g/mol. The topological polar surface area (TPSA) is 64.4 Å². The maximum atomic E-state index is 12.0. The van der Waals surface area contributed by atoms with E-state index in [4.69, 9.17) is 20.8 Å². The molecule has 0 saturated heterocycles. The first-order valence-corrected chi connectivity index (χ1v) is 9.68. The molecule has 28 heavy (non-hydrogen) atoms. The number of aromatic nitrogens is 1. The van der Waals surface area contributed by atoms with Gasteiger partial charge in [0.25, 0.3) is 0 Å². The molecule has 0 fully saturated rings. The molecule has 0 aliphatic carbocycles. The molecule has 1 aromatic heterocycles. The number of benzene rings is 2. The lowest BCUT2D eigenvalue weighted by Crippen LogP contribution is -2.25. The van der Waals surface area contributed by atoms with Gasteiger partial charge in [-0.1, -0.05) is 54.1 Å². The van der Waals surface area contributed by atoms with Crippen LogP contribution in [0.25, 0.3) is 11.3 Å². The van der Waals surface area contributed by atoms with Crippen molar-refractivity contribution in [1.82, 2.24) is 10.3 Å². The third kappa shape index (κ3) is 6.22. The molecule has 3 aromatic rings. The summed E-state index contributed by atoms with van der Waals surface area (Å²) in [4.78, 5) is 16.2. The Morgan fingerprint density at radius 2 is 1.89 bits per heavy atom. The van der Waals surface area contributed by atoms with Crippen LogP contribution in [0.2, 0.25) is 5.02 Å². The molecule has 146 valence electrons. The molecule has 0 unspecified atom stereocenters. The molecule has 1 amide bonds. The average Bonchev–Trinajstić information content (AvgIpc) is 3.19. The van der Waals surface area contributed by atoms with E-state index in [1.807, 2.05) is 48.5 Å². The SMILES string of the molecule is O=C(CCc1ncc(-c2ccccc2Cl)o1)NCCCOCc1ccccc1. The minimum Gasteiger partial charge on any atom is -0.441 e. The van der Waals surface area contributed by atoms with E-state index in [0.717, 1.165) is 17.5 Å². The van der Waals surface area contributed by atoms with Gasteiger partial charge < -0.3 is 14.5 Å². The Kier molecular flexibility index (Phi) is 7.64. The normalized spacial score (nSPS) is 10.8. The van der Waals surface area contributed by atoms with E-state index < -0.39 is 0 Å². The summed E-state index contributed by atoms with van der Waals surface area (Å²) >= 11 is 6.16. The van der Waals surface area contributed by atoms with E-state index in [0.29, 0.717) is 49.3 Å². The number of hydrogen-bond acceptors (Lipinski definition) is 4. The smallest absolute Gasteiger partial charge is 0.220 e. The highest BCUT2D eigenvalue weighted by molar-refractivity contribution is 6.33. The molecule has 0 aliphatic heterocycles. The van der Waals surface area contributed by atoms with Crippen LogP contribution in [-0.4, -0.2) is 24.0 Å². The minimum absolute atomic E-state index is 0.0273. The fourth-order valence-corrected chi connectivity index (χ4v) is 2.92. The Hall–Kier alpha value is -2.63. The molecule has 0 bridgehead atoms. The number of rotatable bonds is 10. The number of amides is 1. The number of nitrogens with zero attached hydrogens (tertiary/aromatic N) is 1. The van der Waals surface area contributed by atoms with Crippen molar-refractivity contribution < 1.29 is 13.9 Å². The largest absolute Gasteiger partial charge is 0.441 e. The van der Waals surface area contributed by atoms with Crippen LogP contribution in [0.1, 0.15) is 24.3 Å². The molecule has 0 atom stereocenters. The van der Waals surface area contributed by atoms with Gasteiger partial charge in [-0.05, 0) is 24.1 Å². The van der Waals surface area contributed by atoms with E-state index >= 15 is 0 Å². The number of carbonyl (C=O) groups is 1. The Balaban J connectivity index is 1.31. The van der Waals surface area contributed by atoms with E-state index in [1.165, 1.54) is 0 Å². The second kappa shape index (κ2) is 10.6. The fourth-order valence-electron chi connectivity index (χ4n) is 2.69. The summed E-state index contributed by atoms with van der Waals surface area (Å²) in [5.74, 6) is 1.10. The molecule has 1 N–H and O–H groups in total. The first kappa shape index (κ1) is 20.1. The van der Waals surface area contributed by atoms with Crippen LogP contribution in [-0.2, 0) is 22.6 Å². The van der Waals surface area contributed by atoms with Gasteiger partial charge in [-0.3, -0.25) is 4.79 Å². The zero-order valence-corrected chi connectivity index (χ0v) is 16.3. The first-order valence-electron chi connectivity index (χ1n) is 9.30.